The molecule has 0 bridgehead atoms. The Morgan fingerprint density at radius 1 is 1.65 bits per heavy atom. The minimum atomic E-state index is -0.378. The molecule has 1 aliphatic carbocycles. The number of amides is 1. The summed E-state index contributed by atoms with van der Waals surface area (Å²) in [5, 5.41) is 3.99. The van der Waals surface area contributed by atoms with Gasteiger partial charge in [-0.2, -0.15) is 5.10 Å². The molecular weight excluding hydrogens is 216 g/mol. The molecule has 2 atom stereocenters. The lowest BCUT2D eigenvalue weighted by atomic mass is 9.74. The molecule has 0 saturated heterocycles. The normalized spacial score (nSPS) is 31.5. The van der Waals surface area contributed by atoms with Crippen molar-refractivity contribution in [3.05, 3.63) is 35.5 Å². The summed E-state index contributed by atoms with van der Waals surface area (Å²) in [4.78, 5) is 11.2. The maximum absolute atomic E-state index is 11.2. The van der Waals surface area contributed by atoms with E-state index in [2.05, 4.69) is 10.5 Å². The molecular formula is C12H16N4O. The number of nitrogens with one attached hydrogen (secondary N) is 1. The molecule has 0 aromatic carbocycles. The molecule has 5 heteroatoms. The topological polar surface area (TPSA) is 93.5 Å². The summed E-state index contributed by atoms with van der Waals surface area (Å²) in [5.41, 5.74) is 15.1. The molecule has 1 amide bonds. The Morgan fingerprint density at radius 2 is 2.41 bits per heavy atom. The second kappa shape index (κ2) is 4.18. The van der Waals surface area contributed by atoms with Crippen molar-refractivity contribution in [3.63, 3.8) is 0 Å². The van der Waals surface area contributed by atoms with Gasteiger partial charge in [0.15, 0.2) is 0 Å². The van der Waals surface area contributed by atoms with Gasteiger partial charge in [0.2, 0.25) is 5.91 Å². The highest BCUT2D eigenvalue weighted by Crippen LogP contribution is 2.37. The highest BCUT2D eigenvalue weighted by molar-refractivity contribution is 5.93. The monoisotopic (exact) mass is 232 g/mol. The van der Waals surface area contributed by atoms with Gasteiger partial charge in [-0.05, 0) is 18.1 Å². The zero-order chi connectivity index (χ0) is 12.5. The van der Waals surface area contributed by atoms with E-state index in [1.807, 2.05) is 25.2 Å². The Labute approximate surface area is 99.9 Å². The standard InChI is InChI=1S/C12H16N4O/c1-12(9-5-10(13)16-15-7-9)4-2-3-8(6-12)11(14)17/h2-5,7,10,16H,6,13H2,1H3,(H2,14,17). The van der Waals surface area contributed by atoms with Crippen LogP contribution < -0.4 is 16.9 Å². The third-order valence-electron chi connectivity index (χ3n) is 3.08. The third-order valence-corrected chi connectivity index (χ3v) is 3.08. The smallest absolute Gasteiger partial charge is 0.244 e. The summed E-state index contributed by atoms with van der Waals surface area (Å²) in [6, 6.07) is 0. The van der Waals surface area contributed by atoms with Crippen molar-refractivity contribution >= 4 is 12.1 Å². The van der Waals surface area contributed by atoms with Crippen molar-refractivity contribution in [1.82, 2.24) is 5.43 Å². The first-order valence-electron chi connectivity index (χ1n) is 5.46. The molecule has 0 aromatic heterocycles. The molecule has 0 saturated carbocycles. The van der Waals surface area contributed by atoms with Crippen LogP contribution in [0, 0.1) is 5.41 Å². The zero-order valence-electron chi connectivity index (χ0n) is 9.68. The van der Waals surface area contributed by atoms with E-state index in [4.69, 9.17) is 11.5 Å². The predicted octanol–water partition coefficient (Wildman–Crippen LogP) is 0.165. The van der Waals surface area contributed by atoms with Crippen LogP contribution in [0.3, 0.4) is 0 Å². The SMILES string of the molecule is CC1(C2=CC(N)NN=C2)C=CC=C(C(N)=O)C1. The first kappa shape index (κ1) is 11.6. The summed E-state index contributed by atoms with van der Waals surface area (Å²) in [7, 11) is 0. The van der Waals surface area contributed by atoms with Gasteiger partial charge in [-0.3, -0.25) is 10.2 Å². The van der Waals surface area contributed by atoms with Crippen LogP contribution in [0.1, 0.15) is 13.3 Å². The molecule has 2 aliphatic rings. The maximum atomic E-state index is 11.2. The van der Waals surface area contributed by atoms with Crippen LogP contribution in [0.15, 0.2) is 40.6 Å². The lowest BCUT2D eigenvalue weighted by Crippen LogP contribution is -2.37. The van der Waals surface area contributed by atoms with Crippen LogP contribution in [-0.4, -0.2) is 18.3 Å². The van der Waals surface area contributed by atoms with Crippen molar-refractivity contribution in [3.8, 4) is 0 Å². The van der Waals surface area contributed by atoms with Gasteiger partial charge >= 0.3 is 0 Å². The Bertz CT molecular complexity index is 461. The highest BCUT2D eigenvalue weighted by atomic mass is 16.1. The Balaban J connectivity index is 2.27. The molecule has 2 unspecified atom stereocenters. The van der Waals surface area contributed by atoms with E-state index >= 15 is 0 Å². The van der Waals surface area contributed by atoms with Crippen LogP contribution in [0.4, 0.5) is 0 Å². The van der Waals surface area contributed by atoms with Crippen LogP contribution >= 0.6 is 0 Å². The van der Waals surface area contributed by atoms with E-state index in [-0.39, 0.29) is 17.5 Å². The van der Waals surface area contributed by atoms with E-state index in [0.717, 1.165) is 5.57 Å². The number of primary amides is 1. The average Bonchev–Trinajstić information content (AvgIpc) is 2.29. The number of nitrogens with two attached hydrogens (primary N) is 2. The van der Waals surface area contributed by atoms with Crippen molar-refractivity contribution in [2.45, 2.75) is 19.5 Å². The molecule has 1 heterocycles. The highest BCUT2D eigenvalue weighted by Gasteiger charge is 2.31. The number of hydrogen-bond donors (Lipinski definition) is 3. The molecule has 5 N–H and O–H groups in total. The largest absolute Gasteiger partial charge is 0.366 e. The van der Waals surface area contributed by atoms with Gasteiger partial charge in [0, 0.05) is 11.0 Å². The maximum Gasteiger partial charge on any atom is 0.244 e. The van der Waals surface area contributed by atoms with Gasteiger partial charge in [-0.25, -0.2) is 0 Å². The lowest BCUT2D eigenvalue weighted by molar-refractivity contribution is -0.114. The minimum Gasteiger partial charge on any atom is -0.366 e. The minimum absolute atomic E-state index is 0.275. The second-order valence-corrected chi connectivity index (χ2v) is 4.54. The molecule has 2 rings (SSSR count). The van der Waals surface area contributed by atoms with Crippen LogP contribution in [0.2, 0.25) is 0 Å². The molecule has 0 fully saturated rings. The summed E-state index contributed by atoms with van der Waals surface area (Å²) < 4.78 is 0. The number of hydrogen-bond acceptors (Lipinski definition) is 4. The summed E-state index contributed by atoms with van der Waals surface area (Å²) in [6.45, 7) is 2.04. The first-order chi connectivity index (χ1) is 8.01. The molecule has 0 aromatic rings. The molecule has 0 radical (unpaired) electrons. The van der Waals surface area contributed by atoms with Gasteiger partial charge < -0.3 is 11.5 Å². The molecule has 5 nitrogen and oxygen atoms in total. The van der Waals surface area contributed by atoms with Crippen LogP contribution in [-0.2, 0) is 4.79 Å². The van der Waals surface area contributed by atoms with E-state index in [0.29, 0.717) is 12.0 Å². The number of allylic oxidation sites excluding steroid dienone is 4. The molecule has 1 aliphatic heterocycles. The van der Waals surface area contributed by atoms with Crippen LogP contribution in [0.25, 0.3) is 0 Å². The fourth-order valence-corrected chi connectivity index (χ4v) is 2.06. The Kier molecular flexibility index (Phi) is 2.85. The number of hydrazone groups is 1. The van der Waals surface area contributed by atoms with E-state index in [9.17, 15) is 4.79 Å². The quantitative estimate of drug-likeness (QED) is 0.633. The molecule has 90 valence electrons. The van der Waals surface area contributed by atoms with Crippen molar-refractivity contribution in [2.24, 2.45) is 22.0 Å². The van der Waals surface area contributed by atoms with Gasteiger partial charge in [-0.1, -0.05) is 25.2 Å². The Hall–Kier alpha value is -1.88. The van der Waals surface area contributed by atoms with Gasteiger partial charge in [0.25, 0.3) is 0 Å². The zero-order valence-corrected chi connectivity index (χ0v) is 9.68. The summed E-state index contributed by atoms with van der Waals surface area (Å²) >= 11 is 0. The second-order valence-electron chi connectivity index (χ2n) is 4.54. The van der Waals surface area contributed by atoms with E-state index < -0.39 is 0 Å². The third kappa shape index (κ3) is 2.29. The van der Waals surface area contributed by atoms with Crippen LogP contribution in [0.5, 0.6) is 0 Å². The fraction of sp³-hybridized carbons (Fsp3) is 0.333. The fourth-order valence-electron chi connectivity index (χ4n) is 2.06. The van der Waals surface area contributed by atoms with E-state index in [1.165, 1.54) is 0 Å². The number of rotatable bonds is 2. The molecule has 0 spiro atoms. The van der Waals surface area contributed by atoms with Gasteiger partial charge in [0.05, 0.1) is 6.21 Å². The van der Waals surface area contributed by atoms with Gasteiger partial charge in [0.1, 0.15) is 6.17 Å². The summed E-state index contributed by atoms with van der Waals surface area (Å²) in [5.74, 6) is -0.378. The van der Waals surface area contributed by atoms with Crippen molar-refractivity contribution in [1.29, 1.82) is 0 Å². The predicted molar refractivity (Wildman–Crippen MR) is 66.8 cm³/mol. The van der Waals surface area contributed by atoms with Crippen molar-refractivity contribution in [2.75, 3.05) is 0 Å². The Morgan fingerprint density at radius 3 is 3.06 bits per heavy atom. The first-order valence-corrected chi connectivity index (χ1v) is 5.46. The lowest BCUT2D eigenvalue weighted by Gasteiger charge is -2.32. The van der Waals surface area contributed by atoms with Gasteiger partial charge in [-0.15, -0.1) is 0 Å². The number of carbonyl (C=O) groups is 1. The average molecular weight is 232 g/mol. The van der Waals surface area contributed by atoms with Crippen molar-refractivity contribution < 1.29 is 4.79 Å². The summed E-state index contributed by atoms with van der Waals surface area (Å²) in [6.07, 6.45) is 9.56. The number of carbonyl (C=O) groups excluding carboxylic acids is 1. The van der Waals surface area contributed by atoms with E-state index in [1.54, 1.807) is 12.3 Å². The number of nitrogens with zero attached hydrogens (tertiary/aromatic N) is 1. The molecule has 17 heavy (non-hydrogen) atoms.